The molecule has 0 unspecified atom stereocenters. The lowest BCUT2D eigenvalue weighted by Crippen LogP contribution is -2.45. The molecule has 2 aromatic carbocycles. The minimum absolute atomic E-state index is 0.138. The smallest absolute Gasteiger partial charge is 0.252 e. The second kappa shape index (κ2) is 8.17. The maximum absolute atomic E-state index is 12.5. The fourth-order valence-electron chi connectivity index (χ4n) is 2.75. The molecule has 6 nitrogen and oxygen atoms in total. The second-order valence-electron chi connectivity index (χ2n) is 6.08. The predicted octanol–water partition coefficient (Wildman–Crippen LogP) is 2.75. The number of amides is 2. The molecule has 1 aliphatic heterocycles. The van der Waals surface area contributed by atoms with Crippen LogP contribution in [0.25, 0.3) is 0 Å². The molecule has 2 aromatic rings. The van der Waals surface area contributed by atoms with Gasteiger partial charge >= 0.3 is 0 Å². The Morgan fingerprint density at radius 2 is 1.96 bits per heavy atom. The van der Waals surface area contributed by atoms with E-state index < -0.39 is 6.04 Å². The van der Waals surface area contributed by atoms with Gasteiger partial charge in [-0.05, 0) is 61.7 Å². The number of carbonyl (C=O) groups is 2. The lowest BCUT2D eigenvalue weighted by atomic mass is 10.1. The fraction of sp³-hybridized carbons (Fsp3) is 0.250. The van der Waals surface area contributed by atoms with Crippen LogP contribution in [0, 0.1) is 11.3 Å². The SMILES string of the molecule is N#Cc1ccc(Oc2cccc(C(=O)N[C@@H]3CCCCNC3=O)c2)cc1. The molecule has 0 radical (unpaired) electrons. The van der Waals surface area contributed by atoms with Gasteiger partial charge in [-0.1, -0.05) is 6.07 Å². The molecule has 132 valence electrons. The van der Waals surface area contributed by atoms with Crippen LogP contribution in [0.4, 0.5) is 0 Å². The molecule has 3 rings (SSSR count). The third kappa shape index (κ3) is 4.39. The Labute approximate surface area is 151 Å². The van der Waals surface area contributed by atoms with Crippen LogP contribution < -0.4 is 15.4 Å². The van der Waals surface area contributed by atoms with E-state index in [1.165, 1.54) is 0 Å². The van der Waals surface area contributed by atoms with Crippen molar-refractivity contribution in [3.05, 3.63) is 59.7 Å². The quantitative estimate of drug-likeness (QED) is 0.888. The number of benzene rings is 2. The molecule has 2 N–H and O–H groups in total. The molecule has 1 fully saturated rings. The van der Waals surface area contributed by atoms with E-state index in [0.717, 1.165) is 12.8 Å². The molecule has 0 saturated carbocycles. The van der Waals surface area contributed by atoms with Crippen molar-refractivity contribution in [1.29, 1.82) is 5.26 Å². The number of ether oxygens (including phenoxy) is 1. The largest absolute Gasteiger partial charge is 0.457 e. The van der Waals surface area contributed by atoms with Crippen molar-refractivity contribution in [3.63, 3.8) is 0 Å². The van der Waals surface area contributed by atoms with Crippen molar-refractivity contribution >= 4 is 11.8 Å². The van der Waals surface area contributed by atoms with E-state index in [9.17, 15) is 9.59 Å². The monoisotopic (exact) mass is 349 g/mol. The van der Waals surface area contributed by atoms with Crippen molar-refractivity contribution in [1.82, 2.24) is 10.6 Å². The zero-order valence-electron chi connectivity index (χ0n) is 14.2. The average Bonchev–Trinajstić information content (AvgIpc) is 2.87. The Hall–Kier alpha value is -3.33. The molecule has 26 heavy (non-hydrogen) atoms. The van der Waals surface area contributed by atoms with Gasteiger partial charge in [0.15, 0.2) is 0 Å². The molecule has 2 amide bonds. The summed E-state index contributed by atoms with van der Waals surface area (Å²) in [6, 6.07) is 15.0. The van der Waals surface area contributed by atoms with Gasteiger partial charge in [-0.15, -0.1) is 0 Å². The van der Waals surface area contributed by atoms with E-state index in [-0.39, 0.29) is 11.8 Å². The molecule has 0 aliphatic carbocycles. The first-order chi connectivity index (χ1) is 12.7. The fourth-order valence-corrected chi connectivity index (χ4v) is 2.75. The van der Waals surface area contributed by atoms with Gasteiger partial charge in [-0.3, -0.25) is 9.59 Å². The van der Waals surface area contributed by atoms with Crippen molar-refractivity contribution in [2.45, 2.75) is 25.3 Å². The normalized spacial score (nSPS) is 16.7. The molecule has 0 spiro atoms. The van der Waals surface area contributed by atoms with Crippen molar-refractivity contribution in [2.24, 2.45) is 0 Å². The minimum Gasteiger partial charge on any atom is -0.457 e. The highest BCUT2D eigenvalue weighted by Gasteiger charge is 2.23. The van der Waals surface area contributed by atoms with Crippen LogP contribution >= 0.6 is 0 Å². The highest BCUT2D eigenvalue weighted by Crippen LogP contribution is 2.22. The first kappa shape index (κ1) is 17.5. The van der Waals surface area contributed by atoms with Crippen LogP contribution in [0.5, 0.6) is 11.5 Å². The van der Waals surface area contributed by atoms with Crippen LogP contribution in [0.3, 0.4) is 0 Å². The third-order valence-corrected chi connectivity index (χ3v) is 4.16. The summed E-state index contributed by atoms with van der Waals surface area (Å²) >= 11 is 0. The van der Waals surface area contributed by atoms with Crippen LogP contribution in [0.2, 0.25) is 0 Å². The Morgan fingerprint density at radius 1 is 1.15 bits per heavy atom. The Bertz CT molecular complexity index is 840. The highest BCUT2D eigenvalue weighted by molar-refractivity contribution is 5.97. The van der Waals surface area contributed by atoms with Gasteiger partial charge < -0.3 is 15.4 Å². The van der Waals surface area contributed by atoms with E-state index in [4.69, 9.17) is 10.00 Å². The van der Waals surface area contributed by atoms with Gasteiger partial charge in [0, 0.05) is 12.1 Å². The van der Waals surface area contributed by atoms with Crippen molar-refractivity contribution in [3.8, 4) is 17.6 Å². The zero-order valence-corrected chi connectivity index (χ0v) is 14.2. The number of rotatable bonds is 4. The molecule has 1 aliphatic rings. The van der Waals surface area contributed by atoms with Crippen LogP contribution in [0.15, 0.2) is 48.5 Å². The highest BCUT2D eigenvalue weighted by atomic mass is 16.5. The summed E-state index contributed by atoms with van der Waals surface area (Å²) in [7, 11) is 0. The number of nitrogens with zero attached hydrogens (tertiary/aromatic N) is 1. The minimum atomic E-state index is -0.506. The summed E-state index contributed by atoms with van der Waals surface area (Å²) in [5.41, 5.74) is 0.973. The topological polar surface area (TPSA) is 91.2 Å². The molecular formula is C20H19N3O3. The molecule has 0 bridgehead atoms. The molecule has 1 saturated heterocycles. The van der Waals surface area contributed by atoms with Crippen LogP contribution in [0.1, 0.15) is 35.2 Å². The Kier molecular flexibility index (Phi) is 5.49. The van der Waals surface area contributed by atoms with E-state index in [1.54, 1.807) is 48.5 Å². The van der Waals surface area contributed by atoms with E-state index in [0.29, 0.717) is 35.6 Å². The number of carbonyl (C=O) groups excluding carboxylic acids is 2. The van der Waals surface area contributed by atoms with E-state index in [1.807, 2.05) is 6.07 Å². The van der Waals surface area contributed by atoms with Crippen molar-refractivity contribution < 1.29 is 14.3 Å². The zero-order chi connectivity index (χ0) is 18.4. The Balaban J connectivity index is 1.68. The summed E-state index contributed by atoms with van der Waals surface area (Å²) in [6.45, 7) is 0.652. The summed E-state index contributed by atoms with van der Waals surface area (Å²) in [4.78, 5) is 24.4. The van der Waals surface area contributed by atoms with E-state index in [2.05, 4.69) is 10.6 Å². The van der Waals surface area contributed by atoms with Gasteiger partial charge in [0.1, 0.15) is 17.5 Å². The molecule has 1 heterocycles. The summed E-state index contributed by atoms with van der Waals surface area (Å²) in [5.74, 6) is 0.635. The number of nitrogens with one attached hydrogen (secondary N) is 2. The first-order valence-electron chi connectivity index (χ1n) is 8.52. The number of hydrogen-bond acceptors (Lipinski definition) is 4. The van der Waals surface area contributed by atoms with Gasteiger partial charge in [-0.25, -0.2) is 0 Å². The maximum atomic E-state index is 12.5. The van der Waals surface area contributed by atoms with Gasteiger partial charge in [0.25, 0.3) is 5.91 Å². The summed E-state index contributed by atoms with van der Waals surface area (Å²) in [6.07, 6.45) is 2.45. The maximum Gasteiger partial charge on any atom is 0.252 e. The summed E-state index contributed by atoms with van der Waals surface area (Å²) in [5, 5.41) is 14.4. The van der Waals surface area contributed by atoms with Gasteiger partial charge in [-0.2, -0.15) is 5.26 Å². The molecule has 0 aromatic heterocycles. The average molecular weight is 349 g/mol. The first-order valence-corrected chi connectivity index (χ1v) is 8.52. The van der Waals surface area contributed by atoms with Gasteiger partial charge in [0.2, 0.25) is 5.91 Å². The van der Waals surface area contributed by atoms with Gasteiger partial charge in [0.05, 0.1) is 11.6 Å². The number of hydrogen-bond donors (Lipinski definition) is 2. The Morgan fingerprint density at radius 3 is 2.73 bits per heavy atom. The van der Waals surface area contributed by atoms with Crippen LogP contribution in [-0.4, -0.2) is 24.4 Å². The number of nitriles is 1. The standard InChI is InChI=1S/C20H19N3O3/c21-13-14-7-9-16(10-8-14)26-17-5-3-4-15(12-17)19(24)23-18-6-1-2-11-22-20(18)25/h3-5,7-10,12,18H,1-2,6,11H2,(H,22,25)(H,23,24)/t18-/m1/s1. The lowest BCUT2D eigenvalue weighted by molar-refractivity contribution is -0.122. The molecule has 1 atom stereocenters. The van der Waals surface area contributed by atoms with Crippen molar-refractivity contribution in [2.75, 3.05) is 6.54 Å². The molecular weight excluding hydrogens is 330 g/mol. The second-order valence-corrected chi connectivity index (χ2v) is 6.08. The predicted molar refractivity (Wildman–Crippen MR) is 95.8 cm³/mol. The van der Waals surface area contributed by atoms with E-state index >= 15 is 0 Å². The lowest BCUT2D eigenvalue weighted by Gasteiger charge is -2.15. The summed E-state index contributed by atoms with van der Waals surface area (Å²) < 4.78 is 5.73. The third-order valence-electron chi connectivity index (χ3n) is 4.16. The molecule has 6 heteroatoms. The van der Waals surface area contributed by atoms with Crippen LogP contribution in [-0.2, 0) is 4.79 Å².